The lowest BCUT2D eigenvalue weighted by atomic mass is 9.88. The molecule has 0 bridgehead atoms. The number of hydrogen-bond donors (Lipinski definition) is 1. The number of hydrogen-bond acceptors (Lipinski definition) is 2. The second-order valence-corrected chi connectivity index (χ2v) is 8.54. The highest BCUT2D eigenvalue weighted by Gasteiger charge is 2.34. The molecular weight excluding hydrogens is 372 g/mol. The highest BCUT2D eigenvalue weighted by Crippen LogP contribution is 2.46. The van der Waals surface area contributed by atoms with Crippen molar-refractivity contribution in [3.8, 4) is 16.9 Å². The molecule has 3 aromatic carbocycles. The molecule has 0 aromatic heterocycles. The summed E-state index contributed by atoms with van der Waals surface area (Å²) in [4.78, 5) is 11.3. The summed E-state index contributed by atoms with van der Waals surface area (Å²) in [5.41, 5.74) is 5.95. The number of carbonyl (C=O) groups is 1. The van der Waals surface area contributed by atoms with E-state index in [1.807, 2.05) is 6.07 Å². The maximum Gasteiger partial charge on any atom is 0.303 e. The molecule has 0 spiro atoms. The number of aliphatic carboxylic acids is 1. The maximum absolute atomic E-state index is 11.3. The molecule has 0 amide bonds. The van der Waals surface area contributed by atoms with Gasteiger partial charge in [-0.25, -0.2) is 0 Å². The summed E-state index contributed by atoms with van der Waals surface area (Å²) in [6.07, 6.45) is 4.44. The summed E-state index contributed by atoms with van der Waals surface area (Å²) in [6, 6.07) is 25.4. The fourth-order valence-corrected chi connectivity index (χ4v) is 4.62. The van der Waals surface area contributed by atoms with Crippen LogP contribution >= 0.6 is 0 Å². The van der Waals surface area contributed by atoms with Crippen molar-refractivity contribution in [1.82, 2.24) is 0 Å². The van der Waals surface area contributed by atoms with Crippen molar-refractivity contribution in [2.24, 2.45) is 5.92 Å². The summed E-state index contributed by atoms with van der Waals surface area (Å²) in [6.45, 7) is 0. The van der Waals surface area contributed by atoms with Crippen molar-refractivity contribution >= 4 is 5.97 Å². The van der Waals surface area contributed by atoms with Crippen molar-refractivity contribution in [2.75, 3.05) is 0 Å². The largest absolute Gasteiger partial charge is 0.485 e. The molecular formula is C27H26O3. The van der Waals surface area contributed by atoms with E-state index in [0.717, 1.165) is 37.0 Å². The Bertz CT molecular complexity index is 1040. The third kappa shape index (κ3) is 3.97. The smallest absolute Gasteiger partial charge is 0.303 e. The third-order valence-corrected chi connectivity index (χ3v) is 6.44. The molecule has 30 heavy (non-hydrogen) atoms. The number of aryl methyl sites for hydroxylation is 1. The Kier molecular flexibility index (Phi) is 5.04. The number of carboxylic acids is 1. The van der Waals surface area contributed by atoms with Crippen LogP contribution in [0.15, 0.2) is 72.8 Å². The second-order valence-electron chi connectivity index (χ2n) is 8.54. The summed E-state index contributed by atoms with van der Waals surface area (Å²) < 4.78 is 6.41. The van der Waals surface area contributed by atoms with E-state index in [1.165, 1.54) is 22.3 Å². The molecule has 1 saturated carbocycles. The molecule has 1 N–H and O–H groups in total. The SMILES string of the molecule is O=C(O)C[C@H](c1ccc2c(c1)OC(c1ccc(-c3ccccc3)cc1)CC2)C1CC1. The van der Waals surface area contributed by atoms with E-state index in [4.69, 9.17) is 4.74 Å². The van der Waals surface area contributed by atoms with E-state index in [0.29, 0.717) is 5.92 Å². The molecule has 1 heterocycles. The third-order valence-electron chi connectivity index (χ3n) is 6.44. The average molecular weight is 399 g/mol. The van der Waals surface area contributed by atoms with Gasteiger partial charge >= 0.3 is 5.97 Å². The van der Waals surface area contributed by atoms with Crippen molar-refractivity contribution in [3.05, 3.63) is 89.5 Å². The lowest BCUT2D eigenvalue weighted by molar-refractivity contribution is -0.137. The summed E-state index contributed by atoms with van der Waals surface area (Å²) in [5.74, 6) is 0.805. The van der Waals surface area contributed by atoms with Crippen LogP contribution < -0.4 is 4.74 Å². The molecule has 3 nitrogen and oxygen atoms in total. The van der Waals surface area contributed by atoms with E-state index in [1.54, 1.807) is 0 Å². The van der Waals surface area contributed by atoms with E-state index in [2.05, 4.69) is 66.7 Å². The quantitative estimate of drug-likeness (QED) is 0.523. The van der Waals surface area contributed by atoms with Gasteiger partial charge in [0, 0.05) is 0 Å². The van der Waals surface area contributed by atoms with Crippen LogP contribution in [-0.4, -0.2) is 11.1 Å². The Morgan fingerprint density at radius 2 is 1.67 bits per heavy atom. The monoisotopic (exact) mass is 398 g/mol. The minimum atomic E-state index is -0.720. The Morgan fingerprint density at radius 1 is 0.933 bits per heavy atom. The average Bonchev–Trinajstić information content (AvgIpc) is 3.63. The van der Waals surface area contributed by atoms with Gasteiger partial charge in [-0.15, -0.1) is 0 Å². The standard InChI is InChI=1S/C27H26O3/c28-27(29)17-24(20-8-9-20)23-13-12-22-14-15-25(30-26(22)16-23)21-10-6-19(7-11-21)18-4-2-1-3-5-18/h1-7,10-13,16,20,24-25H,8-9,14-15,17H2,(H,28,29)/t24-,25?/m0/s1. The Morgan fingerprint density at radius 3 is 2.37 bits per heavy atom. The van der Waals surface area contributed by atoms with Crippen LogP contribution in [0.1, 0.15) is 54.4 Å². The number of rotatable bonds is 6. The first-order valence-corrected chi connectivity index (χ1v) is 10.8. The van der Waals surface area contributed by atoms with Gasteiger partial charge in [-0.2, -0.15) is 0 Å². The van der Waals surface area contributed by atoms with E-state index in [9.17, 15) is 9.90 Å². The minimum Gasteiger partial charge on any atom is -0.485 e. The van der Waals surface area contributed by atoms with Crippen molar-refractivity contribution in [1.29, 1.82) is 0 Å². The zero-order chi connectivity index (χ0) is 20.5. The molecule has 0 saturated heterocycles. The van der Waals surface area contributed by atoms with Crippen molar-refractivity contribution < 1.29 is 14.6 Å². The molecule has 2 aliphatic rings. The Labute approximate surface area is 177 Å². The lowest BCUT2D eigenvalue weighted by Crippen LogP contribution is -2.16. The van der Waals surface area contributed by atoms with Crippen LogP contribution in [0.25, 0.3) is 11.1 Å². The van der Waals surface area contributed by atoms with Gasteiger partial charge in [0.1, 0.15) is 11.9 Å². The van der Waals surface area contributed by atoms with Crippen LogP contribution in [-0.2, 0) is 11.2 Å². The van der Waals surface area contributed by atoms with Gasteiger partial charge in [-0.05, 0) is 71.4 Å². The van der Waals surface area contributed by atoms with E-state index >= 15 is 0 Å². The molecule has 152 valence electrons. The van der Waals surface area contributed by atoms with Crippen molar-refractivity contribution in [3.63, 3.8) is 0 Å². The van der Waals surface area contributed by atoms with Crippen molar-refractivity contribution in [2.45, 2.75) is 44.1 Å². The van der Waals surface area contributed by atoms with Gasteiger partial charge in [-0.3, -0.25) is 4.79 Å². The molecule has 1 aliphatic heterocycles. The molecule has 1 unspecified atom stereocenters. The predicted octanol–water partition coefficient (Wildman–Crippen LogP) is 6.39. The molecule has 1 fully saturated rings. The zero-order valence-corrected chi connectivity index (χ0v) is 17.0. The second kappa shape index (κ2) is 7.98. The predicted molar refractivity (Wildman–Crippen MR) is 118 cm³/mol. The summed E-state index contributed by atoms with van der Waals surface area (Å²) in [7, 11) is 0. The van der Waals surface area contributed by atoms with Crippen LogP contribution in [0.4, 0.5) is 0 Å². The summed E-state index contributed by atoms with van der Waals surface area (Å²) >= 11 is 0. The molecule has 5 rings (SSSR count). The van der Waals surface area contributed by atoms with Crippen LogP contribution in [0.2, 0.25) is 0 Å². The van der Waals surface area contributed by atoms with Gasteiger partial charge < -0.3 is 9.84 Å². The lowest BCUT2D eigenvalue weighted by Gasteiger charge is -2.28. The molecule has 3 aromatic rings. The number of carboxylic acid groups (broad SMARTS) is 1. The van der Waals surface area contributed by atoms with Gasteiger partial charge in [0.15, 0.2) is 0 Å². The number of benzene rings is 3. The normalized spacial score (nSPS) is 18.9. The Hall–Kier alpha value is -3.07. The topological polar surface area (TPSA) is 46.5 Å². The molecule has 2 atom stereocenters. The maximum atomic E-state index is 11.3. The minimum absolute atomic E-state index is 0.0384. The first-order valence-electron chi connectivity index (χ1n) is 10.8. The fourth-order valence-electron chi connectivity index (χ4n) is 4.62. The van der Waals surface area contributed by atoms with Gasteiger partial charge in [0.05, 0.1) is 6.42 Å². The highest BCUT2D eigenvalue weighted by molar-refractivity contribution is 5.68. The first kappa shape index (κ1) is 18.9. The van der Waals surface area contributed by atoms with E-state index in [-0.39, 0.29) is 18.4 Å². The van der Waals surface area contributed by atoms with Crippen LogP contribution in [0.3, 0.4) is 0 Å². The zero-order valence-electron chi connectivity index (χ0n) is 17.0. The fraction of sp³-hybridized carbons (Fsp3) is 0.296. The molecule has 0 radical (unpaired) electrons. The van der Waals surface area contributed by atoms with E-state index < -0.39 is 5.97 Å². The van der Waals surface area contributed by atoms with Crippen LogP contribution in [0, 0.1) is 5.92 Å². The first-order chi connectivity index (χ1) is 14.7. The summed E-state index contributed by atoms with van der Waals surface area (Å²) in [5, 5.41) is 9.32. The molecule has 3 heteroatoms. The van der Waals surface area contributed by atoms with Gasteiger partial charge in [0.25, 0.3) is 0 Å². The number of fused-ring (bicyclic) bond motifs is 1. The Balaban J connectivity index is 1.36. The highest BCUT2D eigenvalue weighted by atomic mass is 16.5. The number of ether oxygens (including phenoxy) is 1. The van der Waals surface area contributed by atoms with Gasteiger partial charge in [-0.1, -0.05) is 66.7 Å². The van der Waals surface area contributed by atoms with Gasteiger partial charge in [0.2, 0.25) is 0 Å². The van der Waals surface area contributed by atoms with Crippen LogP contribution in [0.5, 0.6) is 5.75 Å². The molecule has 1 aliphatic carbocycles.